The van der Waals surface area contributed by atoms with E-state index in [4.69, 9.17) is 0 Å². The fourth-order valence-corrected chi connectivity index (χ4v) is 2.85. The van der Waals surface area contributed by atoms with E-state index in [1.165, 1.54) is 64.2 Å². The Bertz CT molecular complexity index is 140. The molecule has 0 fully saturated rings. The van der Waals surface area contributed by atoms with Crippen molar-refractivity contribution in [1.29, 1.82) is 0 Å². The zero-order chi connectivity index (χ0) is 12.3. The number of unbranched alkanes of at least 4 members (excludes halogenated alkanes) is 9. The molecule has 0 aliphatic carbocycles. The van der Waals surface area contributed by atoms with Crippen molar-refractivity contribution in [2.24, 2.45) is 0 Å². The van der Waals surface area contributed by atoms with Crippen LogP contribution in [-0.2, 0) is 0 Å². The highest BCUT2D eigenvalue weighted by molar-refractivity contribution is 8.28. The molecule has 0 saturated carbocycles. The van der Waals surface area contributed by atoms with Crippen LogP contribution < -0.4 is 0 Å². The van der Waals surface area contributed by atoms with Crippen LogP contribution in [0.3, 0.4) is 0 Å². The van der Waals surface area contributed by atoms with Gasteiger partial charge in [0.1, 0.15) is 0 Å². The van der Waals surface area contributed by atoms with Gasteiger partial charge in [0.25, 0.3) is 0 Å². The molecule has 0 amide bonds. The number of hydrogen-bond acceptors (Lipinski definition) is 1. The second kappa shape index (κ2) is 10.5. The summed E-state index contributed by atoms with van der Waals surface area (Å²) in [5.74, 6) is 1.03. The standard InChI is InChI=1S/C14H32OS/c1-4-5-6-7-8-9-10-11-12-13-14-16(2,3)15/h15H,4-14H2,1-3H3. The van der Waals surface area contributed by atoms with Crippen molar-refractivity contribution < 1.29 is 4.55 Å². The van der Waals surface area contributed by atoms with E-state index in [-0.39, 0.29) is 0 Å². The lowest BCUT2D eigenvalue weighted by Gasteiger charge is -2.22. The Labute approximate surface area is 105 Å². The van der Waals surface area contributed by atoms with Crippen molar-refractivity contribution in [2.75, 3.05) is 18.3 Å². The van der Waals surface area contributed by atoms with E-state index in [0.717, 1.165) is 5.75 Å². The molecule has 0 atom stereocenters. The van der Waals surface area contributed by atoms with Gasteiger partial charge in [-0.25, -0.2) is 0 Å². The highest BCUT2D eigenvalue weighted by Crippen LogP contribution is 2.34. The summed E-state index contributed by atoms with van der Waals surface area (Å²) in [5, 5.41) is 0. The van der Waals surface area contributed by atoms with Gasteiger partial charge in [-0.15, -0.1) is 10.3 Å². The Balaban J connectivity index is 2.99. The first-order valence-electron chi connectivity index (χ1n) is 6.99. The average molecular weight is 248 g/mol. The van der Waals surface area contributed by atoms with Crippen LogP contribution in [0.4, 0.5) is 0 Å². The zero-order valence-corrected chi connectivity index (χ0v) is 12.5. The monoisotopic (exact) mass is 248 g/mol. The summed E-state index contributed by atoms with van der Waals surface area (Å²) < 4.78 is 9.62. The SMILES string of the molecule is CCCCCCCCCCCCS(C)(C)O. The van der Waals surface area contributed by atoms with Gasteiger partial charge in [-0.1, -0.05) is 64.7 Å². The fraction of sp³-hybridized carbons (Fsp3) is 1.00. The Hall–Kier alpha value is 0.310. The van der Waals surface area contributed by atoms with E-state index in [1.54, 1.807) is 0 Å². The van der Waals surface area contributed by atoms with Gasteiger partial charge in [0.05, 0.1) is 0 Å². The van der Waals surface area contributed by atoms with Gasteiger partial charge >= 0.3 is 0 Å². The molecule has 2 heteroatoms. The molecule has 0 aromatic carbocycles. The third-order valence-electron chi connectivity index (χ3n) is 3.00. The molecular weight excluding hydrogens is 216 g/mol. The van der Waals surface area contributed by atoms with Crippen molar-refractivity contribution >= 4 is 10.3 Å². The maximum Gasteiger partial charge on any atom is -0.00176 e. The topological polar surface area (TPSA) is 20.2 Å². The van der Waals surface area contributed by atoms with E-state index in [1.807, 2.05) is 12.5 Å². The Morgan fingerprint density at radius 2 is 1.06 bits per heavy atom. The second-order valence-electron chi connectivity index (χ2n) is 5.37. The number of hydrogen-bond donors (Lipinski definition) is 1. The van der Waals surface area contributed by atoms with E-state index < -0.39 is 10.3 Å². The highest BCUT2D eigenvalue weighted by atomic mass is 32.3. The van der Waals surface area contributed by atoms with Crippen LogP contribution in [0.5, 0.6) is 0 Å². The molecule has 0 bridgehead atoms. The lowest BCUT2D eigenvalue weighted by molar-refractivity contribution is 0.560. The Morgan fingerprint density at radius 3 is 1.44 bits per heavy atom. The lowest BCUT2D eigenvalue weighted by Crippen LogP contribution is -1.98. The number of rotatable bonds is 11. The van der Waals surface area contributed by atoms with Gasteiger partial charge in [-0.3, -0.25) is 0 Å². The summed E-state index contributed by atoms with van der Waals surface area (Å²) in [6.45, 7) is 2.27. The van der Waals surface area contributed by atoms with Gasteiger partial charge in [-0.2, -0.15) is 0 Å². The highest BCUT2D eigenvalue weighted by Gasteiger charge is 2.04. The molecule has 0 saturated heterocycles. The molecule has 0 heterocycles. The molecular formula is C14H32OS. The van der Waals surface area contributed by atoms with Gasteiger partial charge in [0, 0.05) is 0 Å². The summed E-state index contributed by atoms with van der Waals surface area (Å²) in [6.07, 6.45) is 17.7. The maximum absolute atomic E-state index is 9.62. The first-order valence-corrected chi connectivity index (χ1v) is 9.57. The summed E-state index contributed by atoms with van der Waals surface area (Å²) in [7, 11) is -1.23. The lowest BCUT2D eigenvalue weighted by atomic mass is 10.1. The van der Waals surface area contributed by atoms with E-state index in [2.05, 4.69) is 6.92 Å². The third kappa shape index (κ3) is 14.3. The molecule has 0 aromatic rings. The molecule has 1 N–H and O–H groups in total. The minimum atomic E-state index is -1.23. The minimum absolute atomic E-state index is 1.03. The molecule has 0 aliphatic heterocycles. The van der Waals surface area contributed by atoms with Crippen LogP contribution in [0.1, 0.15) is 71.1 Å². The van der Waals surface area contributed by atoms with Crippen molar-refractivity contribution in [3.05, 3.63) is 0 Å². The smallest absolute Gasteiger partial charge is 0.00176 e. The molecule has 1 nitrogen and oxygen atoms in total. The Kier molecular flexibility index (Phi) is 10.7. The predicted octanol–water partition coefficient (Wildman–Crippen LogP) is 5.44. The molecule has 0 spiro atoms. The van der Waals surface area contributed by atoms with Crippen molar-refractivity contribution in [1.82, 2.24) is 0 Å². The summed E-state index contributed by atoms with van der Waals surface area (Å²) >= 11 is 0. The summed E-state index contributed by atoms with van der Waals surface area (Å²) in [6, 6.07) is 0. The maximum atomic E-state index is 9.62. The molecule has 16 heavy (non-hydrogen) atoms. The summed E-state index contributed by atoms with van der Waals surface area (Å²) in [4.78, 5) is 0. The Morgan fingerprint density at radius 1 is 0.688 bits per heavy atom. The predicted molar refractivity (Wildman–Crippen MR) is 78.8 cm³/mol. The van der Waals surface area contributed by atoms with Crippen LogP contribution in [0.25, 0.3) is 0 Å². The molecule has 0 unspecified atom stereocenters. The van der Waals surface area contributed by atoms with Crippen molar-refractivity contribution in [3.8, 4) is 0 Å². The van der Waals surface area contributed by atoms with Gasteiger partial charge in [-0.05, 0) is 24.7 Å². The van der Waals surface area contributed by atoms with Gasteiger partial charge in [0.15, 0.2) is 0 Å². The van der Waals surface area contributed by atoms with Crippen LogP contribution in [0, 0.1) is 0 Å². The van der Waals surface area contributed by atoms with Crippen LogP contribution >= 0.6 is 10.3 Å². The fourth-order valence-electron chi connectivity index (χ4n) is 1.94. The minimum Gasteiger partial charge on any atom is -0.352 e. The average Bonchev–Trinajstić information content (AvgIpc) is 2.19. The van der Waals surface area contributed by atoms with E-state index in [0.29, 0.717) is 0 Å². The van der Waals surface area contributed by atoms with Crippen molar-refractivity contribution in [2.45, 2.75) is 71.1 Å². The normalized spacial score (nSPS) is 13.0. The molecule has 0 rings (SSSR count). The van der Waals surface area contributed by atoms with Crippen molar-refractivity contribution in [3.63, 3.8) is 0 Å². The summed E-state index contributed by atoms with van der Waals surface area (Å²) in [5.41, 5.74) is 0. The zero-order valence-electron chi connectivity index (χ0n) is 11.6. The molecule has 0 radical (unpaired) electrons. The second-order valence-corrected chi connectivity index (χ2v) is 8.73. The molecule has 0 aliphatic rings. The first-order chi connectivity index (χ1) is 7.56. The van der Waals surface area contributed by atoms with Crippen LogP contribution in [0.15, 0.2) is 0 Å². The molecule has 100 valence electrons. The van der Waals surface area contributed by atoms with E-state index >= 15 is 0 Å². The molecule has 0 aromatic heterocycles. The van der Waals surface area contributed by atoms with Crippen LogP contribution in [-0.4, -0.2) is 22.8 Å². The largest absolute Gasteiger partial charge is 0.352 e. The van der Waals surface area contributed by atoms with E-state index in [9.17, 15) is 4.55 Å². The van der Waals surface area contributed by atoms with Gasteiger partial charge < -0.3 is 4.55 Å². The van der Waals surface area contributed by atoms with Crippen LogP contribution in [0.2, 0.25) is 0 Å². The first kappa shape index (κ1) is 16.3. The quantitative estimate of drug-likeness (QED) is 0.482. The van der Waals surface area contributed by atoms with Gasteiger partial charge in [0.2, 0.25) is 0 Å². The third-order valence-corrected chi connectivity index (χ3v) is 4.29.